The maximum Gasteiger partial charge on any atom is 0.252 e. The fraction of sp³-hybridized carbons (Fsp3) is 0.0769. The Labute approximate surface area is 206 Å². The van der Waals surface area contributed by atoms with Gasteiger partial charge in [-0.2, -0.15) is 0 Å². The molecule has 9 heteroatoms. The van der Waals surface area contributed by atoms with Crippen LogP contribution < -0.4 is 25.8 Å². The minimum Gasteiger partial charge on any atom is -0.496 e. The highest BCUT2D eigenvalue weighted by Crippen LogP contribution is 2.35. The first-order valence-electron chi connectivity index (χ1n) is 10.5. The Morgan fingerprint density at radius 2 is 1.89 bits per heavy atom. The molecule has 0 bridgehead atoms. The zero-order valence-corrected chi connectivity index (χ0v) is 19.5. The molecule has 4 aromatic rings. The molecule has 1 amide bonds. The van der Waals surface area contributed by atoms with E-state index in [1.54, 1.807) is 54.7 Å². The molecule has 1 heterocycles. The van der Waals surface area contributed by atoms with Crippen LogP contribution in [0.1, 0.15) is 15.9 Å². The van der Waals surface area contributed by atoms with Crippen LogP contribution in [0, 0.1) is 5.82 Å². The van der Waals surface area contributed by atoms with Crippen molar-refractivity contribution in [3.8, 4) is 17.2 Å². The fourth-order valence-corrected chi connectivity index (χ4v) is 3.62. The lowest BCUT2D eigenvalue weighted by atomic mass is 10.1. The summed E-state index contributed by atoms with van der Waals surface area (Å²) in [7, 11) is 1.46. The van der Waals surface area contributed by atoms with E-state index >= 15 is 0 Å². The summed E-state index contributed by atoms with van der Waals surface area (Å²) in [5.74, 6) is 0.911. The van der Waals surface area contributed by atoms with Gasteiger partial charge in [-0.25, -0.2) is 4.39 Å². The number of nitrogens with zero attached hydrogens (tertiary/aromatic N) is 1. The second-order valence-corrected chi connectivity index (χ2v) is 7.98. The number of halogens is 2. The molecule has 0 spiro atoms. The summed E-state index contributed by atoms with van der Waals surface area (Å²) in [5.41, 5.74) is 7.82. The molecule has 3 aromatic carbocycles. The average Bonchev–Trinajstić information content (AvgIpc) is 2.84. The number of carbonyl (C=O) groups excluding carboxylic acids is 1. The molecule has 35 heavy (non-hydrogen) atoms. The van der Waals surface area contributed by atoms with Gasteiger partial charge in [0.05, 0.1) is 34.7 Å². The summed E-state index contributed by atoms with van der Waals surface area (Å²) in [6.07, 6.45) is 1.59. The second kappa shape index (κ2) is 10.3. The van der Waals surface area contributed by atoms with E-state index in [1.165, 1.54) is 19.2 Å². The third-order valence-corrected chi connectivity index (χ3v) is 5.47. The number of aromatic nitrogens is 1. The second-order valence-electron chi connectivity index (χ2n) is 7.57. The molecule has 0 radical (unpaired) electrons. The molecule has 1 aromatic heterocycles. The van der Waals surface area contributed by atoms with E-state index in [0.717, 1.165) is 5.56 Å². The molecule has 0 atom stereocenters. The van der Waals surface area contributed by atoms with Crippen molar-refractivity contribution in [1.82, 2.24) is 10.3 Å². The number of primary amides is 1. The van der Waals surface area contributed by atoms with Gasteiger partial charge in [0.25, 0.3) is 5.91 Å². The summed E-state index contributed by atoms with van der Waals surface area (Å²) in [5, 5.41) is 7.23. The lowest BCUT2D eigenvalue weighted by molar-refractivity contribution is 0.0997. The lowest BCUT2D eigenvalue weighted by Gasteiger charge is -2.15. The van der Waals surface area contributed by atoms with Crippen LogP contribution in [0.5, 0.6) is 17.2 Å². The monoisotopic (exact) mass is 492 g/mol. The van der Waals surface area contributed by atoms with Crippen LogP contribution in [0.15, 0.2) is 79.3 Å². The predicted octanol–water partition coefficient (Wildman–Crippen LogP) is 5.60. The number of amides is 1. The Bertz CT molecular complexity index is 1410. The van der Waals surface area contributed by atoms with Crippen molar-refractivity contribution in [2.45, 2.75) is 6.54 Å². The number of fused-ring (bicyclic) bond motifs is 1. The number of methoxy groups -OCH3 is 1. The number of anilines is 1. The van der Waals surface area contributed by atoms with Gasteiger partial charge in [0.2, 0.25) is 0 Å². The molecule has 178 valence electrons. The van der Waals surface area contributed by atoms with Crippen molar-refractivity contribution >= 4 is 34.1 Å². The predicted molar refractivity (Wildman–Crippen MR) is 134 cm³/mol. The molecule has 0 fully saturated rings. The minimum absolute atomic E-state index is 0.224. The Hall–Kier alpha value is -4.30. The summed E-state index contributed by atoms with van der Waals surface area (Å²) >= 11 is 6.46. The van der Waals surface area contributed by atoms with Gasteiger partial charge in [-0.05, 0) is 42.0 Å². The Morgan fingerprint density at radius 3 is 2.57 bits per heavy atom. The van der Waals surface area contributed by atoms with E-state index in [1.807, 2.05) is 0 Å². The largest absolute Gasteiger partial charge is 0.496 e. The van der Waals surface area contributed by atoms with Crippen LogP contribution in [-0.2, 0) is 6.54 Å². The summed E-state index contributed by atoms with van der Waals surface area (Å²) in [6.45, 7) is 4.41. The van der Waals surface area contributed by atoms with E-state index in [-0.39, 0.29) is 11.4 Å². The first-order chi connectivity index (χ1) is 16.8. The van der Waals surface area contributed by atoms with E-state index in [4.69, 9.17) is 26.8 Å². The number of pyridine rings is 1. The first-order valence-corrected chi connectivity index (χ1v) is 10.9. The van der Waals surface area contributed by atoms with Gasteiger partial charge < -0.3 is 25.8 Å². The smallest absolute Gasteiger partial charge is 0.252 e. The third-order valence-electron chi connectivity index (χ3n) is 5.16. The van der Waals surface area contributed by atoms with Crippen molar-refractivity contribution < 1.29 is 18.7 Å². The molecule has 0 aliphatic carbocycles. The van der Waals surface area contributed by atoms with Gasteiger partial charge in [0.1, 0.15) is 23.1 Å². The maximum absolute atomic E-state index is 13.0. The van der Waals surface area contributed by atoms with Crippen LogP contribution in [0.25, 0.3) is 10.9 Å². The van der Waals surface area contributed by atoms with Gasteiger partial charge in [-0.3, -0.25) is 9.78 Å². The zero-order valence-electron chi connectivity index (χ0n) is 18.8. The Morgan fingerprint density at radius 1 is 1.11 bits per heavy atom. The highest BCUT2D eigenvalue weighted by atomic mass is 35.5. The Balaban J connectivity index is 1.48. The van der Waals surface area contributed by atoms with E-state index < -0.39 is 5.91 Å². The van der Waals surface area contributed by atoms with Crippen LogP contribution in [0.2, 0.25) is 5.02 Å². The van der Waals surface area contributed by atoms with Crippen LogP contribution in [0.3, 0.4) is 0 Å². The number of hydrogen-bond acceptors (Lipinski definition) is 6. The number of hydrogen-bond donors (Lipinski definition) is 3. The fourth-order valence-electron chi connectivity index (χ4n) is 3.40. The molecule has 4 N–H and O–H groups in total. The number of ether oxygens (including phenoxy) is 2. The normalized spacial score (nSPS) is 10.6. The van der Waals surface area contributed by atoms with Crippen LogP contribution in [0.4, 0.5) is 10.1 Å². The summed E-state index contributed by atoms with van der Waals surface area (Å²) in [6, 6.07) is 16.2. The Kier molecular flexibility index (Phi) is 7.03. The average molecular weight is 493 g/mol. The number of nitrogens with one attached hydrogen (secondary N) is 2. The highest BCUT2D eigenvalue weighted by molar-refractivity contribution is 6.33. The molecule has 0 aliphatic heterocycles. The molecule has 4 rings (SSSR count). The molecule has 0 aliphatic rings. The number of carbonyl (C=O) groups is 1. The van der Waals surface area contributed by atoms with Gasteiger partial charge in [-0.1, -0.05) is 30.3 Å². The standard InChI is InChI=1S/C26H22ClFN4O3/c1-15(31-14-16-3-5-17(28)6-4-16)32-22-8-7-18(11-21(22)27)35-24-9-10-30-23-13-25(34-2)20(26(29)33)12-19(23)24/h3-13,31-32H,1,14H2,2H3,(H2,29,33). The zero-order chi connectivity index (χ0) is 24.9. The summed E-state index contributed by atoms with van der Waals surface area (Å²) in [4.78, 5) is 16.2. The van der Waals surface area contributed by atoms with Crippen LogP contribution in [-0.4, -0.2) is 18.0 Å². The molecule has 0 saturated heterocycles. The third kappa shape index (κ3) is 5.62. The molecule has 0 saturated carbocycles. The quantitative estimate of drug-likeness (QED) is 0.281. The number of nitrogens with two attached hydrogens (primary N) is 1. The van der Waals surface area contributed by atoms with Gasteiger partial charge in [0, 0.05) is 30.3 Å². The highest BCUT2D eigenvalue weighted by Gasteiger charge is 2.15. The van der Waals surface area contributed by atoms with Gasteiger partial charge >= 0.3 is 0 Å². The van der Waals surface area contributed by atoms with E-state index in [0.29, 0.717) is 51.2 Å². The van der Waals surface area contributed by atoms with Crippen molar-refractivity contribution in [2.24, 2.45) is 5.73 Å². The first kappa shape index (κ1) is 23.8. The molecular formula is C26H22ClFN4O3. The minimum atomic E-state index is -0.620. The molecule has 7 nitrogen and oxygen atoms in total. The van der Waals surface area contributed by atoms with E-state index in [2.05, 4.69) is 22.2 Å². The van der Waals surface area contributed by atoms with E-state index in [9.17, 15) is 9.18 Å². The van der Waals surface area contributed by atoms with Crippen molar-refractivity contribution in [1.29, 1.82) is 0 Å². The molecular weight excluding hydrogens is 471 g/mol. The maximum atomic E-state index is 13.0. The number of rotatable bonds is 9. The lowest BCUT2D eigenvalue weighted by Crippen LogP contribution is -2.18. The van der Waals surface area contributed by atoms with Gasteiger partial charge in [-0.15, -0.1) is 0 Å². The summed E-state index contributed by atoms with van der Waals surface area (Å²) < 4.78 is 24.3. The van der Waals surface area contributed by atoms with Crippen LogP contribution >= 0.6 is 11.6 Å². The van der Waals surface area contributed by atoms with Gasteiger partial charge in [0.15, 0.2) is 0 Å². The van der Waals surface area contributed by atoms with Crippen molar-refractivity contribution in [3.63, 3.8) is 0 Å². The SMILES string of the molecule is C=C(NCc1ccc(F)cc1)Nc1ccc(Oc2ccnc3cc(OC)c(C(N)=O)cc23)cc1Cl. The van der Waals surface area contributed by atoms with Crippen molar-refractivity contribution in [3.05, 3.63) is 101 Å². The topological polar surface area (TPSA) is 98.5 Å². The number of benzene rings is 3. The van der Waals surface area contributed by atoms with Crippen molar-refractivity contribution in [2.75, 3.05) is 12.4 Å². The molecule has 0 unspecified atom stereocenters.